The molecule has 1 fully saturated rings. The number of benzene rings is 1. The molecule has 1 aromatic carbocycles. The first-order valence-electron chi connectivity index (χ1n) is 7.84. The molecule has 1 atom stereocenters. The van der Waals surface area contributed by atoms with Crippen LogP contribution in [0.15, 0.2) is 36.9 Å². The largest absolute Gasteiger partial charge is 0.544 e. The summed E-state index contributed by atoms with van der Waals surface area (Å²) >= 11 is 0. The van der Waals surface area contributed by atoms with Crippen molar-refractivity contribution in [2.45, 2.75) is 32.1 Å². The normalized spacial score (nSPS) is 16.7. The summed E-state index contributed by atoms with van der Waals surface area (Å²) in [6.07, 6.45) is 3.02. The maximum absolute atomic E-state index is 6.04. The summed E-state index contributed by atoms with van der Waals surface area (Å²) in [5.74, 6) is 0.996. The Kier molecular flexibility index (Phi) is 10.1. The number of piperazine rings is 1. The molecule has 1 saturated heterocycles. The molecule has 1 N–H and O–H groups in total. The Morgan fingerprint density at radius 2 is 1.74 bits per heavy atom. The van der Waals surface area contributed by atoms with E-state index in [1.165, 1.54) is 5.56 Å². The van der Waals surface area contributed by atoms with Crippen molar-refractivity contribution < 1.29 is 4.43 Å². The van der Waals surface area contributed by atoms with Crippen molar-refractivity contribution in [1.29, 1.82) is 0 Å². The smallest absolute Gasteiger partial charge is 0.242 e. The Morgan fingerprint density at radius 3 is 2.22 bits per heavy atom. The maximum Gasteiger partial charge on any atom is 0.242 e. The summed E-state index contributed by atoms with van der Waals surface area (Å²) in [5.41, 5.74) is 1.36. The molecule has 0 radical (unpaired) electrons. The minimum absolute atomic E-state index is 0. The van der Waals surface area contributed by atoms with Crippen molar-refractivity contribution >= 4 is 33.1 Å². The topological polar surface area (TPSA) is 24.5 Å². The highest BCUT2D eigenvalue weighted by Gasteiger charge is 2.21. The van der Waals surface area contributed by atoms with Crippen LogP contribution in [0.5, 0.6) is 5.75 Å². The van der Waals surface area contributed by atoms with Gasteiger partial charge in [-0.25, -0.2) is 0 Å². The maximum atomic E-state index is 6.04. The first-order valence-corrected chi connectivity index (χ1v) is 11.2. The second-order valence-corrected chi connectivity index (χ2v) is 11.0. The van der Waals surface area contributed by atoms with Crippen molar-refractivity contribution in [1.82, 2.24) is 10.2 Å². The van der Waals surface area contributed by atoms with Gasteiger partial charge < -0.3 is 9.74 Å². The molecule has 1 heterocycles. The summed E-state index contributed by atoms with van der Waals surface area (Å²) in [4.78, 5) is 2.55. The second kappa shape index (κ2) is 10.4. The van der Waals surface area contributed by atoms with Gasteiger partial charge in [-0.05, 0) is 43.8 Å². The molecule has 1 aliphatic heterocycles. The zero-order valence-corrected chi connectivity index (χ0v) is 17.0. The molecular weight excluding hydrogens is 347 g/mol. The molecule has 1 aromatic rings. The van der Waals surface area contributed by atoms with E-state index in [1.807, 2.05) is 6.08 Å². The average Bonchev–Trinajstić information content (AvgIpc) is 2.45. The Labute approximate surface area is 154 Å². The standard InChI is InChI=1S/C17H28N2OSi.2ClH/c1-5-6-17(19-13-11-18-12-14-19)15-7-9-16(10-8-15)20-21(2,3)4;;/h5,7-10,17-18H,1,6,11-14H2,2-4H3;2*1H/t17-;;/m1../s1. The van der Waals surface area contributed by atoms with Gasteiger partial charge in [0.1, 0.15) is 5.75 Å². The lowest BCUT2D eigenvalue weighted by Crippen LogP contribution is -2.45. The van der Waals surface area contributed by atoms with E-state index in [9.17, 15) is 0 Å². The van der Waals surface area contributed by atoms with Crippen LogP contribution in [0.4, 0.5) is 0 Å². The Bertz CT molecular complexity index is 457. The van der Waals surface area contributed by atoms with E-state index >= 15 is 0 Å². The Morgan fingerprint density at radius 1 is 1.17 bits per heavy atom. The number of rotatable bonds is 6. The molecule has 2 rings (SSSR count). The van der Waals surface area contributed by atoms with E-state index < -0.39 is 8.32 Å². The molecule has 3 nitrogen and oxygen atoms in total. The lowest BCUT2D eigenvalue weighted by atomic mass is 10.0. The fourth-order valence-electron chi connectivity index (χ4n) is 2.76. The van der Waals surface area contributed by atoms with E-state index in [0.29, 0.717) is 6.04 Å². The fourth-order valence-corrected chi connectivity index (χ4v) is 3.60. The van der Waals surface area contributed by atoms with Crippen LogP contribution in [0.3, 0.4) is 0 Å². The summed E-state index contributed by atoms with van der Waals surface area (Å²) < 4.78 is 6.04. The van der Waals surface area contributed by atoms with E-state index in [4.69, 9.17) is 4.43 Å². The predicted octanol–water partition coefficient (Wildman–Crippen LogP) is 4.27. The van der Waals surface area contributed by atoms with E-state index in [-0.39, 0.29) is 24.8 Å². The number of nitrogens with zero attached hydrogens (tertiary/aromatic N) is 1. The van der Waals surface area contributed by atoms with Gasteiger partial charge in [0.05, 0.1) is 0 Å². The molecule has 6 heteroatoms. The minimum Gasteiger partial charge on any atom is -0.544 e. The van der Waals surface area contributed by atoms with Gasteiger partial charge in [-0.2, -0.15) is 0 Å². The van der Waals surface area contributed by atoms with E-state index in [1.54, 1.807) is 0 Å². The van der Waals surface area contributed by atoms with Crippen molar-refractivity contribution in [3.63, 3.8) is 0 Å². The first kappa shape index (κ1) is 22.5. The summed E-state index contributed by atoms with van der Waals surface area (Å²) in [6, 6.07) is 9.10. The number of hydrogen-bond acceptors (Lipinski definition) is 3. The first-order chi connectivity index (χ1) is 9.99. The molecule has 0 amide bonds. The monoisotopic (exact) mass is 376 g/mol. The fraction of sp³-hybridized carbons (Fsp3) is 0.529. The molecule has 1 aliphatic rings. The van der Waals surface area contributed by atoms with Gasteiger partial charge in [0.2, 0.25) is 8.32 Å². The van der Waals surface area contributed by atoms with Crippen LogP contribution in [0.25, 0.3) is 0 Å². The van der Waals surface area contributed by atoms with Crippen LogP contribution in [-0.2, 0) is 0 Å². The van der Waals surface area contributed by atoms with Gasteiger partial charge in [0, 0.05) is 32.2 Å². The second-order valence-electron chi connectivity index (χ2n) is 6.61. The SMILES string of the molecule is C=CC[C@H](c1ccc(O[Si](C)(C)C)cc1)N1CCNCC1.Cl.Cl. The summed E-state index contributed by atoms with van der Waals surface area (Å²) in [5, 5.41) is 3.42. The van der Waals surface area contributed by atoms with Gasteiger partial charge in [-0.3, -0.25) is 4.90 Å². The molecule has 0 unspecified atom stereocenters. The molecule has 132 valence electrons. The zero-order valence-electron chi connectivity index (χ0n) is 14.4. The van der Waals surface area contributed by atoms with Crippen LogP contribution in [0.1, 0.15) is 18.0 Å². The lowest BCUT2D eigenvalue weighted by molar-refractivity contribution is 0.174. The highest BCUT2D eigenvalue weighted by atomic mass is 35.5. The third-order valence-electron chi connectivity index (χ3n) is 3.67. The Hall–Kier alpha value is -0.523. The third-order valence-corrected chi connectivity index (χ3v) is 4.52. The van der Waals surface area contributed by atoms with Crippen LogP contribution in [-0.4, -0.2) is 39.4 Å². The van der Waals surface area contributed by atoms with Gasteiger partial charge >= 0.3 is 0 Å². The van der Waals surface area contributed by atoms with Crippen molar-refractivity contribution in [2.24, 2.45) is 0 Å². The van der Waals surface area contributed by atoms with Crippen LogP contribution >= 0.6 is 24.8 Å². The van der Waals surface area contributed by atoms with Gasteiger partial charge in [0.15, 0.2) is 0 Å². The Balaban J connectivity index is 0.00000242. The van der Waals surface area contributed by atoms with Gasteiger partial charge in [0.25, 0.3) is 0 Å². The highest BCUT2D eigenvalue weighted by molar-refractivity contribution is 6.70. The molecule has 0 spiro atoms. The molecule has 0 aromatic heterocycles. The zero-order chi connectivity index (χ0) is 15.3. The van der Waals surface area contributed by atoms with E-state index in [2.05, 4.69) is 60.7 Å². The molecule has 0 aliphatic carbocycles. The van der Waals surface area contributed by atoms with Crippen molar-refractivity contribution in [2.75, 3.05) is 26.2 Å². The van der Waals surface area contributed by atoms with E-state index in [0.717, 1.165) is 38.3 Å². The third kappa shape index (κ3) is 7.27. The highest BCUT2D eigenvalue weighted by Crippen LogP contribution is 2.27. The number of halogens is 2. The van der Waals surface area contributed by atoms with Crippen molar-refractivity contribution in [3.8, 4) is 5.75 Å². The lowest BCUT2D eigenvalue weighted by Gasteiger charge is -2.35. The van der Waals surface area contributed by atoms with Crippen LogP contribution < -0.4 is 9.74 Å². The molecule has 0 bridgehead atoms. The number of nitrogens with one attached hydrogen (secondary N) is 1. The van der Waals surface area contributed by atoms with Crippen LogP contribution in [0, 0.1) is 0 Å². The summed E-state index contributed by atoms with van der Waals surface area (Å²) in [6.45, 7) is 14.9. The average molecular weight is 377 g/mol. The molecule has 0 saturated carbocycles. The van der Waals surface area contributed by atoms with Crippen LogP contribution in [0.2, 0.25) is 19.6 Å². The minimum atomic E-state index is -1.52. The molecule has 23 heavy (non-hydrogen) atoms. The molecular formula is C17H30Cl2N2OSi. The number of hydrogen-bond donors (Lipinski definition) is 1. The van der Waals surface area contributed by atoms with Gasteiger partial charge in [-0.1, -0.05) is 18.2 Å². The predicted molar refractivity (Wildman–Crippen MR) is 107 cm³/mol. The van der Waals surface area contributed by atoms with Crippen molar-refractivity contribution in [3.05, 3.63) is 42.5 Å². The summed E-state index contributed by atoms with van der Waals surface area (Å²) in [7, 11) is -1.52. The quantitative estimate of drug-likeness (QED) is 0.592. The van der Waals surface area contributed by atoms with Gasteiger partial charge in [-0.15, -0.1) is 31.4 Å².